The standard InChI is InChI=1S/C20H16ClNO3S/c1-12-3-5-14(6-4-12)18(23)22-19-17(20(24)25-2)16(11-26-19)13-7-9-15(21)10-8-13/h3-11H,1-2H3,(H,22,23). The van der Waals surface area contributed by atoms with Crippen LogP contribution in [-0.2, 0) is 4.74 Å². The molecule has 2 aromatic carbocycles. The van der Waals surface area contributed by atoms with Gasteiger partial charge in [-0.05, 0) is 36.8 Å². The summed E-state index contributed by atoms with van der Waals surface area (Å²) in [6.45, 7) is 1.95. The van der Waals surface area contributed by atoms with Crippen molar-refractivity contribution >= 4 is 39.8 Å². The van der Waals surface area contributed by atoms with Crippen molar-refractivity contribution in [3.05, 3.63) is 75.6 Å². The van der Waals surface area contributed by atoms with E-state index in [1.807, 2.05) is 36.6 Å². The summed E-state index contributed by atoms with van der Waals surface area (Å²) in [6.07, 6.45) is 0. The summed E-state index contributed by atoms with van der Waals surface area (Å²) in [5, 5.41) is 5.69. The summed E-state index contributed by atoms with van der Waals surface area (Å²) in [5.41, 5.74) is 3.44. The smallest absolute Gasteiger partial charge is 0.341 e. The lowest BCUT2D eigenvalue weighted by molar-refractivity contribution is 0.0603. The monoisotopic (exact) mass is 385 g/mol. The minimum Gasteiger partial charge on any atom is -0.465 e. The third-order valence-corrected chi connectivity index (χ3v) is 5.02. The molecule has 3 rings (SSSR count). The van der Waals surface area contributed by atoms with E-state index in [1.54, 1.807) is 24.3 Å². The van der Waals surface area contributed by atoms with E-state index < -0.39 is 5.97 Å². The van der Waals surface area contributed by atoms with Crippen LogP contribution in [0.4, 0.5) is 5.00 Å². The molecule has 0 aliphatic rings. The molecule has 0 saturated carbocycles. The molecular weight excluding hydrogens is 370 g/mol. The number of thiophene rings is 1. The van der Waals surface area contributed by atoms with Gasteiger partial charge in [-0.2, -0.15) is 0 Å². The highest BCUT2D eigenvalue weighted by atomic mass is 35.5. The molecule has 26 heavy (non-hydrogen) atoms. The Labute approximate surface area is 160 Å². The van der Waals surface area contributed by atoms with Crippen molar-refractivity contribution < 1.29 is 14.3 Å². The third-order valence-electron chi connectivity index (χ3n) is 3.88. The second-order valence-electron chi connectivity index (χ2n) is 5.67. The van der Waals surface area contributed by atoms with Crippen LogP contribution < -0.4 is 5.32 Å². The van der Waals surface area contributed by atoms with E-state index >= 15 is 0 Å². The van der Waals surface area contributed by atoms with Gasteiger partial charge in [0, 0.05) is 21.5 Å². The van der Waals surface area contributed by atoms with Gasteiger partial charge >= 0.3 is 5.97 Å². The highest BCUT2D eigenvalue weighted by Crippen LogP contribution is 2.36. The summed E-state index contributed by atoms with van der Waals surface area (Å²) < 4.78 is 4.91. The molecule has 1 N–H and O–H groups in total. The number of carbonyl (C=O) groups excluding carboxylic acids is 2. The molecule has 3 aromatic rings. The minimum atomic E-state index is -0.504. The van der Waals surface area contributed by atoms with Crippen molar-refractivity contribution in [1.82, 2.24) is 0 Å². The molecule has 6 heteroatoms. The van der Waals surface area contributed by atoms with E-state index in [2.05, 4.69) is 5.32 Å². The summed E-state index contributed by atoms with van der Waals surface area (Å²) in [7, 11) is 1.32. The van der Waals surface area contributed by atoms with Crippen molar-refractivity contribution in [2.45, 2.75) is 6.92 Å². The van der Waals surface area contributed by atoms with Gasteiger partial charge in [-0.15, -0.1) is 11.3 Å². The average molecular weight is 386 g/mol. The Morgan fingerprint density at radius 2 is 1.69 bits per heavy atom. The van der Waals surface area contributed by atoms with Crippen LogP contribution in [0.3, 0.4) is 0 Å². The minimum absolute atomic E-state index is 0.278. The van der Waals surface area contributed by atoms with E-state index in [4.69, 9.17) is 16.3 Å². The molecule has 0 bridgehead atoms. The first-order chi connectivity index (χ1) is 12.5. The fraction of sp³-hybridized carbons (Fsp3) is 0.100. The number of aryl methyl sites for hydroxylation is 1. The van der Waals surface area contributed by atoms with Crippen LogP contribution in [0.15, 0.2) is 53.9 Å². The second-order valence-corrected chi connectivity index (χ2v) is 6.99. The van der Waals surface area contributed by atoms with Gasteiger partial charge in [-0.1, -0.05) is 41.4 Å². The van der Waals surface area contributed by atoms with Crippen LogP contribution in [0.25, 0.3) is 11.1 Å². The van der Waals surface area contributed by atoms with Crippen molar-refractivity contribution in [1.29, 1.82) is 0 Å². The number of benzene rings is 2. The Kier molecular flexibility index (Phi) is 5.40. The number of rotatable bonds is 4. The summed E-state index contributed by atoms with van der Waals surface area (Å²) in [6, 6.07) is 14.4. The molecule has 1 aromatic heterocycles. The zero-order chi connectivity index (χ0) is 18.7. The number of ether oxygens (including phenoxy) is 1. The predicted octanol–water partition coefficient (Wildman–Crippen LogP) is 5.42. The lowest BCUT2D eigenvalue weighted by Gasteiger charge is -2.08. The number of anilines is 1. The van der Waals surface area contributed by atoms with Gasteiger partial charge in [0.05, 0.1) is 7.11 Å². The van der Waals surface area contributed by atoms with Crippen LogP contribution in [-0.4, -0.2) is 19.0 Å². The molecule has 0 atom stereocenters. The maximum absolute atomic E-state index is 12.5. The van der Waals surface area contributed by atoms with Crippen LogP contribution in [0.2, 0.25) is 5.02 Å². The number of halogens is 1. The first-order valence-corrected chi connectivity index (χ1v) is 9.09. The molecule has 0 saturated heterocycles. The molecule has 0 spiro atoms. The number of esters is 1. The lowest BCUT2D eigenvalue weighted by atomic mass is 10.0. The van der Waals surface area contributed by atoms with Gasteiger partial charge in [0.1, 0.15) is 10.6 Å². The van der Waals surface area contributed by atoms with Crippen molar-refractivity contribution in [3.8, 4) is 11.1 Å². The van der Waals surface area contributed by atoms with Gasteiger partial charge in [0.15, 0.2) is 0 Å². The molecular formula is C20H16ClNO3S. The summed E-state index contributed by atoms with van der Waals surface area (Å²) in [4.78, 5) is 24.8. The van der Waals surface area contributed by atoms with Gasteiger partial charge in [-0.25, -0.2) is 4.79 Å². The van der Waals surface area contributed by atoms with Gasteiger partial charge in [0.2, 0.25) is 0 Å². The molecule has 4 nitrogen and oxygen atoms in total. The number of carbonyl (C=O) groups is 2. The Morgan fingerprint density at radius 1 is 1.04 bits per heavy atom. The van der Waals surface area contributed by atoms with Crippen molar-refractivity contribution in [2.24, 2.45) is 0 Å². The predicted molar refractivity (Wildman–Crippen MR) is 105 cm³/mol. The molecule has 1 amide bonds. The zero-order valence-electron chi connectivity index (χ0n) is 14.2. The van der Waals surface area contributed by atoms with E-state index in [-0.39, 0.29) is 5.91 Å². The number of methoxy groups -OCH3 is 1. The Morgan fingerprint density at radius 3 is 2.31 bits per heavy atom. The van der Waals surface area contributed by atoms with Gasteiger partial charge < -0.3 is 10.1 Å². The Bertz CT molecular complexity index is 946. The maximum atomic E-state index is 12.5. The van der Waals surface area contributed by atoms with Crippen LogP contribution >= 0.6 is 22.9 Å². The van der Waals surface area contributed by atoms with Crippen molar-refractivity contribution in [3.63, 3.8) is 0 Å². The maximum Gasteiger partial charge on any atom is 0.341 e. The van der Waals surface area contributed by atoms with Gasteiger partial charge in [0.25, 0.3) is 5.91 Å². The number of hydrogen-bond donors (Lipinski definition) is 1. The molecule has 0 unspecified atom stereocenters. The third kappa shape index (κ3) is 3.79. The normalized spacial score (nSPS) is 10.4. The van der Waals surface area contributed by atoms with Gasteiger partial charge in [-0.3, -0.25) is 4.79 Å². The highest BCUT2D eigenvalue weighted by Gasteiger charge is 2.22. The van der Waals surface area contributed by atoms with E-state index in [0.717, 1.165) is 11.1 Å². The number of nitrogens with one attached hydrogen (secondary N) is 1. The molecule has 0 radical (unpaired) electrons. The Hall–Kier alpha value is -2.63. The summed E-state index contributed by atoms with van der Waals surface area (Å²) in [5.74, 6) is -0.782. The van der Waals surface area contributed by atoms with Crippen molar-refractivity contribution in [2.75, 3.05) is 12.4 Å². The zero-order valence-corrected chi connectivity index (χ0v) is 15.8. The van der Waals surface area contributed by atoms with E-state index in [1.165, 1.54) is 18.4 Å². The fourth-order valence-corrected chi connectivity index (χ4v) is 3.56. The molecule has 132 valence electrons. The quantitative estimate of drug-likeness (QED) is 0.610. The topological polar surface area (TPSA) is 55.4 Å². The lowest BCUT2D eigenvalue weighted by Crippen LogP contribution is -2.14. The van der Waals surface area contributed by atoms with Crippen LogP contribution in [0.5, 0.6) is 0 Å². The average Bonchev–Trinajstić information content (AvgIpc) is 3.05. The molecule has 0 aliphatic heterocycles. The first kappa shape index (κ1) is 18.2. The second kappa shape index (κ2) is 7.72. The van der Waals surface area contributed by atoms with Crippen LogP contribution in [0, 0.1) is 6.92 Å². The molecule has 0 fully saturated rings. The highest BCUT2D eigenvalue weighted by molar-refractivity contribution is 7.15. The number of hydrogen-bond acceptors (Lipinski definition) is 4. The molecule has 1 heterocycles. The summed E-state index contributed by atoms with van der Waals surface area (Å²) >= 11 is 7.21. The largest absolute Gasteiger partial charge is 0.465 e. The SMILES string of the molecule is COC(=O)c1c(-c2ccc(Cl)cc2)csc1NC(=O)c1ccc(C)cc1. The first-order valence-electron chi connectivity index (χ1n) is 7.83. The van der Waals surface area contributed by atoms with E-state index in [9.17, 15) is 9.59 Å². The Balaban J connectivity index is 1.96. The number of amides is 1. The van der Waals surface area contributed by atoms with E-state index in [0.29, 0.717) is 26.7 Å². The molecule has 0 aliphatic carbocycles. The fourth-order valence-electron chi connectivity index (χ4n) is 2.48. The van der Waals surface area contributed by atoms with Crippen LogP contribution in [0.1, 0.15) is 26.3 Å².